The van der Waals surface area contributed by atoms with Crippen LogP contribution in [0.25, 0.3) is 6.08 Å². The maximum Gasteiger partial charge on any atom is 0.231 e. The average Bonchev–Trinajstić information content (AvgIpc) is 2.92. The number of phenolic OH excluding ortho intramolecular Hbond substituents is 1. The Morgan fingerprint density at radius 3 is 2.52 bits per heavy atom. The fourth-order valence-corrected chi connectivity index (χ4v) is 2.79. The van der Waals surface area contributed by atoms with Gasteiger partial charge in [0.25, 0.3) is 0 Å². The van der Waals surface area contributed by atoms with Crippen LogP contribution in [0.1, 0.15) is 21.5 Å². The third kappa shape index (κ3) is 3.15. The number of aromatic hydroxyl groups is 1. The number of carbonyl (C=O) groups excluding carboxylic acids is 1. The second kappa shape index (κ2) is 6.24. The topological polar surface area (TPSA) is 50.4 Å². The summed E-state index contributed by atoms with van der Waals surface area (Å²) in [5.74, 6) is 0.568. The Bertz CT molecular complexity index is 960. The summed E-state index contributed by atoms with van der Waals surface area (Å²) in [5.41, 5.74) is 2.58. The molecule has 1 aromatic heterocycles. The molecule has 0 bridgehead atoms. The number of ether oxygens (including phenoxy) is 1. The number of benzene rings is 2. The van der Waals surface area contributed by atoms with Gasteiger partial charge in [-0.15, -0.1) is 0 Å². The minimum Gasteiger partial charge on any atom is -0.508 e. The molecular weight excluding hydrogens is 314 g/mol. The van der Waals surface area contributed by atoms with E-state index in [1.54, 1.807) is 12.1 Å². The minimum absolute atomic E-state index is 0.0782. The van der Waals surface area contributed by atoms with E-state index in [0.29, 0.717) is 11.3 Å². The Balaban J connectivity index is 1.53. The van der Waals surface area contributed by atoms with Gasteiger partial charge in [-0.2, -0.15) is 0 Å². The second-order valence-electron chi connectivity index (χ2n) is 5.91. The number of aromatic nitrogens is 1. The molecule has 0 radical (unpaired) electrons. The molecule has 0 fully saturated rings. The van der Waals surface area contributed by atoms with Crippen LogP contribution in [-0.2, 0) is 6.54 Å². The van der Waals surface area contributed by atoms with E-state index in [1.807, 2.05) is 42.7 Å². The number of Topliss-reactive ketones (excluding diaryl/α,β-unsaturated/α-hetero) is 1. The molecule has 2 heterocycles. The van der Waals surface area contributed by atoms with Crippen LogP contribution in [0.15, 0.2) is 78.8 Å². The highest BCUT2D eigenvalue weighted by molar-refractivity contribution is 6.14. The molecule has 0 unspecified atom stereocenters. The van der Waals surface area contributed by atoms with Crippen LogP contribution in [0.4, 0.5) is 0 Å². The largest absolute Gasteiger partial charge is 0.508 e. The molecule has 3 aromatic rings. The van der Waals surface area contributed by atoms with Crippen molar-refractivity contribution in [2.24, 2.45) is 0 Å². The van der Waals surface area contributed by atoms with Crippen molar-refractivity contribution >= 4 is 11.9 Å². The Morgan fingerprint density at radius 1 is 1.00 bits per heavy atom. The number of hydrogen-bond acceptors (Lipinski definition) is 3. The van der Waals surface area contributed by atoms with Crippen LogP contribution in [-0.4, -0.2) is 10.9 Å². The smallest absolute Gasteiger partial charge is 0.231 e. The lowest BCUT2D eigenvalue weighted by molar-refractivity contribution is -0.688. The van der Waals surface area contributed by atoms with Gasteiger partial charge in [-0.25, -0.2) is 4.57 Å². The summed E-state index contributed by atoms with van der Waals surface area (Å²) >= 11 is 0. The highest BCUT2D eigenvalue weighted by Crippen LogP contribution is 2.34. The molecule has 0 spiro atoms. The highest BCUT2D eigenvalue weighted by atomic mass is 16.5. The van der Waals surface area contributed by atoms with Gasteiger partial charge in [0.2, 0.25) is 5.78 Å². The Labute approximate surface area is 145 Å². The zero-order valence-electron chi connectivity index (χ0n) is 13.4. The maximum atomic E-state index is 12.3. The molecule has 2 aromatic carbocycles. The summed E-state index contributed by atoms with van der Waals surface area (Å²) in [4.78, 5) is 12.3. The SMILES string of the molecule is O=C1/C(=C\c2cc[n+](Cc3ccccc3)cc2)Oc2cc(O)ccc21. The molecule has 1 aliphatic rings. The van der Waals surface area contributed by atoms with Gasteiger partial charge in [-0.05, 0) is 23.8 Å². The van der Waals surface area contributed by atoms with Crippen molar-refractivity contribution in [3.8, 4) is 11.5 Å². The molecule has 25 heavy (non-hydrogen) atoms. The summed E-state index contributed by atoms with van der Waals surface area (Å²) in [6.45, 7) is 0.790. The van der Waals surface area contributed by atoms with Gasteiger partial charge >= 0.3 is 0 Å². The van der Waals surface area contributed by atoms with Crippen molar-refractivity contribution in [3.63, 3.8) is 0 Å². The van der Waals surface area contributed by atoms with E-state index >= 15 is 0 Å². The van der Waals surface area contributed by atoms with Crippen LogP contribution in [0.3, 0.4) is 0 Å². The summed E-state index contributed by atoms with van der Waals surface area (Å²) < 4.78 is 7.65. The number of fused-ring (bicyclic) bond motifs is 1. The number of pyridine rings is 1. The second-order valence-corrected chi connectivity index (χ2v) is 5.91. The van der Waals surface area contributed by atoms with Crippen molar-refractivity contribution in [1.29, 1.82) is 0 Å². The van der Waals surface area contributed by atoms with Gasteiger partial charge in [0.15, 0.2) is 24.7 Å². The maximum absolute atomic E-state index is 12.3. The molecule has 0 saturated carbocycles. The lowest BCUT2D eigenvalue weighted by Crippen LogP contribution is -2.33. The summed E-state index contributed by atoms with van der Waals surface area (Å²) in [6, 6.07) is 18.6. The first-order valence-electron chi connectivity index (χ1n) is 7.99. The van der Waals surface area contributed by atoms with Crippen molar-refractivity contribution in [1.82, 2.24) is 0 Å². The van der Waals surface area contributed by atoms with E-state index in [1.165, 1.54) is 17.7 Å². The average molecular weight is 330 g/mol. The Morgan fingerprint density at radius 2 is 1.76 bits per heavy atom. The van der Waals surface area contributed by atoms with Crippen molar-refractivity contribution in [2.75, 3.05) is 0 Å². The molecule has 0 atom stereocenters. The molecular formula is C21H16NO3+. The predicted molar refractivity (Wildman–Crippen MR) is 93.2 cm³/mol. The van der Waals surface area contributed by atoms with Gasteiger partial charge < -0.3 is 9.84 Å². The molecule has 122 valence electrons. The van der Waals surface area contributed by atoms with E-state index in [0.717, 1.165) is 12.1 Å². The van der Waals surface area contributed by atoms with E-state index in [4.69, 9.17) is 4.74 Å². The molecule has 0 amide bonds. The molecule has 1 N–H and O–H groups in total. The van der Waals surface area contributed by atoms with E-state index < -0.39 is 0 Å². The molecule has 4 nitrogen and oxygen atoms in total. The van der Waals surface area contributed by atoms with Gasteiger partial charge in [0.1, 0.15) is 11.5 Å². The zero-order chi connectivity index (χ0) is 17.2. The third-order valence-electron chi connectivity index (χ3n) is 4.08. The quantitative estimate of drug-likeness (QED) is 0.592. The molecule has 4 rings (SSSR count). The normalized spacial score (nSPS) is 14.4. The molecule has 4 heteroatoms. The molecule has 0 aliphatic carbocycles. The predicted octanol–water partition coefficient (Wildman–Crippen LogP) is 3.34. The van der Waals surface area contributed by atoms with Gasteiger partial charge in [-0.1, -0.05) is 30.3 Å². The van der Waals surface area contributed by atoms with Crippen LogP contribution in [0.5, 0.6) is 11.5 Å². The number of phenols is 1. The Hall–Kier alpha value is -3.40. The highest BCUT2D eigenvalue weighted by Gasteiger charge is 2.27. The standard InChI is InChI=1S/C21H15NO3/c23-17-6-7-18-19(13-17)25-20(21(18)24)12-15-8-10-22(11-9-15)14-16-4-2-1-3-5-16/h1-13H,14H2/p+1/b20-12+. The first kappa shape index (κ1) is 15.1. The first-order valence-corrected chi connectivity index (χ1v) is 7.99. The van der Waals surface area contributed by atoms with E-state index in [9.17, 15) is 9.90 Å². The van der Waals surface area contributed by atoms with Gasteiger partial charge in [0, 0.05) is 23.8 Å². The Kier molecular flexibility index (Phi) is 3.78. The number of allylic oxidation sites excluding steroid dienone is 1. The van der Waals surface area contributed by atoms with Crippen LogP contribution in [0, 0.1) is 0 Å². The lowest BCUT2D eigenvalue weighted by atomic mass is 10.1. The van der Waals surface area contributed by atoms with E-state index in [2.05, 4.69) is 16.7 Å². The fraction of sp³-hybridized carbons (Fsp3) is 0.0476. The van der Waals surface area contributed by atoms with Crippen LogP contribution < -0.4 is 9.30 Å². The van der Waals surface area contributed by atoms with Crippen LogP contribution >= 0.6 is 0 Å². The fourth-order valence-electron chi connectivity index (χ4n) is 2.79. The summed E-state index contributed by atoms with van der Waals surface area (Å²) in [5, 5.41) is 9.50. The van der Waals surface area contributed by atoms with Crippen molar-refractivity contribution in [3.05, 3.63) is 95.5 Å². The number of rotatable bonds is 3. The number of ketones is 1. The number of carbonyl (C=O) groups is 1. The summed E-state index contributed by atoms with van der Waals surface area (Å²) in [7, 11) is 0. The van der Waals surface area contributed by atoms with Gasteiger partial charge in [-0.3, -0.25) is 4.79 Å². The first-order chi connectivity index (χ1) is 12.2. The zero-order valence-corrected chi connectivity index (χ0v) is 13.4. The monoisotopic (exact) mass is 330 g/mol. The van der Waals surface area contributed by atoms with E-state index in [-0.39, 0.29) is 17.3 Å². The number of nitrogens with zero attached hydrogens (tertiary/aromatic N) is 1. The third-order valence-corrected chi connectivity index (χ3v) is 4.08. The van der Waals surface area contributed by atoms with Crippen LogP contribution in [0.2, 0.25) is 0 Å². The molecule has 1 aliphatic heterocycles. The molecule has 0 saturated heterocycles. The number of hydrogen-bond donors (Lipinski definition) is 1. The van der Waals surface area contributed by atoms with Crippen molar-refractivity contribution in [2.45, 2.75) is 6.54 Å². The lowest BCUT2D eigenvalue weighted by Gasteiger charge is -2.00. The summed E-state index contributed by atoms with van der Waals surface area (Å²) in [6.07, 6.45) is 5.65. The minimum atomic E-state index is -0.170. The van der Waals surface area contributed by atoms with Gasteiger partial charge in [0.05, 0.1) is 5.56 Å². The van der Waals surface area contributed by atoms with Crippen molar-refractivity contribution < 1.29 is 19.2 Å².